The van der Waals surface area contributed by atoms with E-state index in [4.69, 9.17) is 14.2 Å². The second-order valence-electron chi connectivity index (χ2n) is 22.4. The van der Waals surface area contributed by atoms with E-state index in [1.807, 2.05) is 0 Å². The molecule has 0 aromatic rings. The Kier molecular flexibility index (Phi) is 63.2. The van der Waals surface area contributed by atoms with Crippen molar-refractivity contribution in [3.8, 4) is 0 Å². The molecule has 1 unspecified atom stereocenters. The van der Waals surface area contributed by atoms with Crippen LogP contribution in [0.15, 0.2) is 85.1 Å². The van der Waals surface area contributed by atoms with Crippen molar-refractivity contribution in [1.82, 2.24) is 0 Å². The molecule has 0 N–H and O–H groups in total. The molecule has 0 heterocycles. The van der Waals surface area contributed by atoms with Crippen molar-refractivity contribution in [3.63, 3.8) is 0 Å². The number of ether oxygens (including phenoxy) is 3. The van der Waals surface area contributed by atoms with E-state index in [0.717, 1.165) is 103 Å². The Morgan fingerprint density at radius 3 is 0.782 bits per heavy atom. The number of unbranched alkanes of at least 4 members (excludes halogenated alkanes) is 36. The highest BCUT2D eigenvalue weighted by Gasteiger charge is 2.19. The Morgan fingerprint density at radius 2 is 0.474 bits per heavy atom. The summed E-state index contributed by atoms with van der Waals surface area (Å²) in [7, 11) is 0. The van der Waals surface area contributed by atoms with Gasteiger partial charge in [-0.2, -0.15) is 0 Å². The van der Waals surface area contributed by atoms with E-state index in [-0.39, 0.29) is 31.1 Å². The smallest absolute Gasteiger partial charge is 0.306 e. The second-order valence-corrected chi connectivity index (χ2v) is 22.4. The summed E-state index contributed by atoms with van der Waals surface area (Å²) < 4.78 is 16.9. The average Bonchev–Trinajstić information content (AvgIpc) is 3.44. The molecule has 0 aromatic heterocycles. The molecule has 0 radical (unpaired) electrons. The summed E-state index contributed by atoms with van der Waals surface area (Å²) in [5.41, 5.74) is 0. The number of hydrogen-bond donors (Lipinski definition) is 0. The first-order chi connectivity index (χ1) is 38.5. The van der Waals surface area contributed by atoms with Gasteiger partial charge in [0.15, 0.2) is 6.10 Å². The van der Waals surface area contributed by atoms with Crippen LogP contribution < -0.4 is 0 Å². The SMILES string of the molecule is CCCC/C=C\C/C=C\CCCCCCCC(=O)OCC(COC(=O)CCCCCCCCCCCCCCCC/C=C\C/C=C\C/C=C\CCCCCCC)OC(=O)CCCCCCCCC/C=C\C/C=C\CCCCC. The number of carbonyl (C=O) groups excluding carboxylic acids is 3. The van der Waals surface area contributed by atoms with E-state index < -0.39 is 6.10 Å². The van der Waals surface area contributed by atoms with Crippen LogP contribution in [0.2, 0.25) is 0 Å². The first-order valence-electron chi connectivity index (χ1n) is 33.6. The van der Waals surface area contributed by atoms with Crippen LogP contribution in [0.4, 0.5) is 0 Å². The van der Waals surface area contributed by atoms with Crippen LogP contribution in [0.25, 0.3) is 0 Å². The van der Waals surface area contributed by atoms with E-state index in [1.165, 1.54) is 193 Å². The van der Waals surface area contributed by atoms with Crippen molar-refractivity contribution in [1.29, 1.82) is 0 Å². The van der Waals surface area contributed by atoms with Crippen LogP contribution in [-0.2, 0) is 28.6 Å². The largest absolute Gasteiger partial charge is 0.462 e. The van der Waals surface area contributed by atoms with Crippen molar-refractivity contribution < 1.29 is 28.6 Å². The van der Waals surface area contributed by atoms with Crippen molar-refractivity contribution >= 4 is 17.9 Å². The van der Waals surface area contributed by atoms with Crippen LogP contribution in [0.1, 0.15) is 335 Å². The van der Waals surface area contributed by atoms with Crippen LogP contribution in [0.5, 0.6) is 0 Å². The number of hydrogen-bond acceptors (Lipinski definition) is 6. The Labute approximate surface area is 484 Å². The van der Waals surface area contributed by atoms with Crippen molar-refractivity contribution in [2.45, 2.75) is 341 Å². The molecule has 0 aliphatic rings. The molecule has 1 atom stereocenters. The molecule has 0 saturated carbocycles. The van der Waals surface area contributed by atoms with Gasteiger partial charge < -0.3 is 14.2 Å². The fourth-order valence-corrected chi connectivity index (χ4v) is 9.50. The second kappa shape index (κ2) is 66.1. The number of allylic oxidation sites excluding steroid dienone is 14. The molecule has 0 aromatic carbocycles. The molecule has 0 fully saturated rings. The predicted octanol–water partition coefficient (Wildman–Crippen LogP) is 23.1. The lowest BCUT2D eigenvalue weighted by Crippen LogP contribution is -2.30. The molecule has 78 heavy (non-hydrogen) atoms. The van der Waals surface area contributed by atoms with Gasteiger partial charge in [0.2, 0.25) is 0 Å². The molecule has 0 saturated heterocycles. The van der Waals surface area contributed by atoms with Crippen LogP contribution in [0, 0.1) is 0 Å². The van der Waals surface area contributed by atoms with Gasteiger partial charge in [0.1, 0.15) is 13.2 Å². The first kappa shape index (κ1) is 74.6. The minimum absolute atomic E-state index is 0.0831. The van der Waals surface area contributed by atoms with Crippen LogP contribution in [-0.4, -0.2) is 37.2 Å². The van der Waals surface area contributed by atoms with Gasteiger partial charge in [-0.25, -0.2) is 0 Å². The summed E-state index contributed by atoms with van der Waals surface area (Å²) in [5, 5.41) is 0. The zero-order valence-electron chi connectivity index (χ0n) is 51.7. The molecule has 0 spiro atoms. The summed E-state index contributed by atoms with van der Waals surface area (Å²) in [5.74, 6) is -0.893. The minimum atomic E-state index is -0.788. The van der Waals surface area contributed by atoms with Gasteiger partial charge in [0.05, 0.1) is 0 Å². The van der Waals surface area contributed by atoms with E-state index in [1.54, 1.807) is 0 Å². The molecule has 450 valence electrons. The van der Waals surface area contributed by atoms with Gasteiger partial charge in [0, 0.05) is 19.3 Å². The topological polar surface area (TPSA) is 78.9 Å². The molecule has 0 aliphatic carbocycles. The first-order valence-corrected chi connectivity index (χ1v) is 33.6. The number of rotatable bonds is 61. The highest BCUT2D eigenvalue weighted by atomic mass is 16.6. The summed E-state index contributed by atoms with van der Waals surface area (Å²) in [4.78, 5) is 38.3. The quantitative estimate of drug-likeness (QED) is 0.0261. The van der Waals surface area contributed by atoms with E-state index in [9.17, 15) is 14.4 Å². The summed E-state index contributed by atoms with van der Waals surface area (Å²) in [6.45, 7) is 6.58. The third-order valence-corrected chi connectivity index (χ3v) is 14.6. The fourth-order valence-electron chi connectivity index (χ4n) is 9.50. The van der Waals surface area contributed by atoms with Gasteiger partial charge >= 0.3 is 17.9 Å². The van der Waals surface area contributed by atoms with Gasteiger partial charge in [0.25, 0.3) is 0 Å². The maximum Gasteiger partial charge on any atom is 0.306 e. The Hall–Kier alpha value is -3.41. The molecule has 0 bridgehead atoms. The molecule has 6 heteroatoms. The highest BCUT2D eigenvalue weighted by molar-refractivity contribution is 5.71. The lowest BCUT2D eigenvalue weighted by molar-refractivity contribution is -0.167. The predicted molar refractivity (Wildman–Crippen MR) is 339 cm³/mol. The molecular formula is C72H126O6. The van der Waals surface area contributed by atoms with Gasteiger partial charge in [-0.05, 0) is 116 Å². The van der Waals surface area contributed by atoms with Crippen molar-refractivity contribution in [2.24, 2.45) is 0 Å². The zero-order valence-corrected chi connectivity index (χ0v) is 51.7. The monoisotopic (exact) mass is 1090 g/mol. The van der Waals surface area contributed by atoms with E-state index in [0.29, 0.717) is 19.3 Å². The lowest BCUT2D eigenvalue weighted by Gasteiger charge is -2.18. The van der Waals surface area contributed by atoms with Gasteiger partial charge in [-0.3, -0.25) is 14.4 Å². The van der Waals surface area contributed by atoms with Crippen molar-refractivity contribution in [2.75, 3.05) is 13.2 Å². The normalized spacial score (nSPS) is 12.6. The minimum Gasteiger partial charge on any atom is -0.462 e. The summed E-state index contributed by atoms with van der Waals surface area (Å²) in [6.07, 6.45) is 87.4. The van der Waals surface area contributed by atoms with E-state index in [2.05, 4.69) is 106 Å². The lowest BCUT2D eigenvalue weighted by atomic mass is 10.0. The van der Waals surface area contributed by atoms with Gasteiger partial charge in [-0.1, -0.05) is 286 Å². The maximum absolute atomic E-state index is 12.9. The summed E-state index contributed by atoms with van der Waals surface area (Å²) >= 11 is 0. The highest BCUT2D eigenvalue weighted by Crippen LogP contribution is 2.16. The van der Waals surface area contributed by atoms with Gasteiger partial charge in [-0.15, -0.1) is 0 Å². The Bertz CT molecular complexity index is 1480. The van der Waals surface area contributed by atoms with E-state index >= 15 is 0 Å². The van der Waals surface area contributed by atoms with Crippen molar-refractivity contribution in [3.05, 3.63) is 85.1 Å². The molecule has 6 nitrogen and oxygen atoms in total. The molecule has 0 aliphatic heterocycles. The fraction of sp³-hybridized carbons (Fsp3) is 0.764. The zero-order chi connectivity index (χ0) is 56.4. The third kappa shape index (κ3) is 63.4. The standard InChI is InChI=1S/C72H126O6/c1-4-7-10-13-16-19-22-25-28-30-31-32-33-34-35-36-37-38-39-40-41-43-44-47-50-53-56-59-62-65-71(74)77-68-69(67-76-70(73)64-61-58-55-52-49-46-27-24-21-18-15-12-9-6-3)78-72(75)66-63-60-57-54-51-48-45-42-29-26-23-20-17-14-11-8-5-2/h15,17-18,20,22,24-27,29-31,33-34,69H,4-14,16,19,21,23,28,32,35-68H2,1-3H3/b18-15-,20-17-,25-22-,27-24-,29-26-,31-30-,34-33-. The number of carbonyl (C=O) groups is 3. The summed E-state index contributed by atoms with van der Waals surface area (Å²) in [6, 6.07) is 0. The van der Waals surface area contributed by atoms with Crippen LogP contribution in [0.3, 0.4) is 0 Å². The number of esters is 3. The van der Waals surface area contributed by atoms with Crippen LogP contribution >= 0.6 is 0 Å². The maximum atomic E-state index is 12.9. The molecule has 0 rings (SSSR count). The molecular weight excluding hydrogens is 961 g/mol. The molecule has 0 amide bonds. The average molecular weight is 1090 g/mol. The third-order valence-electron chi connectivity index (χ3n) is 14.6. The Morgan fingerprint density at radius 1 is 0.256 bits per heavy atom. The Balaban J connectivity index is 4.26.